The maximum absolute atomic E-state index is 11.4. The molecule has 0 spiro atoms. The first-order valence-electron chi connectivity index (χ1n) is 5.40. The lowest BCUT2D eigenvalue weighted by Crippen LogP contribution is -2.24. The summed E-state index contributed by atoms with van der Waals surface area (Å²) < 4.78 is 15.1. The first-order chi connectivity index (χ1) is 8.22. The lowest BCUT2D eigenvalue weighted by Gasteiger charge is -2.15. The molecule has 96 valence electrons. The van der Waals surface area contributed by atoms with Crippen LogP contribution in [0.25, 0.3) is 0 Å². The molecular formula is C11H16O5S. The zero-order valence-electron chi connectivity index (χ0n) is 9.55. The molecule has 0 N–H and O–H groups in total. The topological polar surface area (TPSA) is 61.8 Å². The van der Waals surface area contributed by atoms with Gasteiger partial charge in [-0.15, -0.1) is 0 Å². The predicted octanol–water partition coefficient (Wildman–Crippen LogP) is 1.13. The van der Waals surface area contributed by atoms with Crippen molar-refractivity contribution in [1.82, 2.24) is 0 Å². The van der Waals surface area contributed by atoms with Crippen molar-refractivity contribution in [1.29, 1.82) is 0 Å². The zero-order chi connectivity index (χ0) is 12.5. The molecule has 1 unspecified atom stereocenters. The molecule has 0 aliphatic carbocycles. The van der Waals surface area contributed by atoms with Crippen molar-refractivity contribution in [3.05, 3.63) is 12.7 Å². The number of hydrogen-bond acceptors (Lipinski definition) is 6. The first kappa shape index (κ1) is 14.1. The van der Waals surface area contributed by atoms with Gasteiger partial charge < -0.3 is 14.2 Å². The Morgan fingerprint density at radius 3 is 3.12 bits per heavy atom. The number of esters is 2. The second-order valence-electron chi connectivity index (χ2n) is 3.34. The highest BCUT2D eigenvalue weighted by molar-refractivity contribution is 7.99. The van der Waals surface area contributed by atoms with E-state index < -0.39 is 18.2 Å². The Morgan fingerprint density at radius 2 is 2.35 bits per heavy atom. The van der Waals surface area contributed by atoms with Gasteiger partial charge in [0.2, 0.25) is 6.29 Å². The smallest absolute Gasteiger partial charge is 0.330 e. The van der Waals surface area contributed by atoms with Gasteiger partial charge in [0.15, 0.2) is 0 Å². The fourth-order valence-corrected chi connectivity index (χ4v) is 2.02. The van der Waals surface area contributed by atoms with Crippen LogP contribution in [0.5, 0.6) is 0 Å². The van der Waals surface area contributed by atoms with Gasteiger partial charge in [0.1, 0.15) is 6.61 Å². The number of carbonyl (C=O) groups is 2. The summed E-state index contributed by atoms with van der Waals surface area (Å²) in [6, 6.07) is 0. The van der Waals surface area contributed by atoms with E-state index in [-0.39, 0.29) is 13.0 Å². The normalized spacial score (nSPS) is 20.1. The number of thioether (sulfide) groups is 1. The van der Waals surface area contributed by atoms with E-state index in [0.29, 0.717) is 12.4 Å². The van der Waals surface area contributed by atoms with Crippen LogP contribution in [-0.2, 0) is 23.8 Å². The third-order valence-electron chi connectivity index (χ3n) is 1.97. The minimum absolute atomic E-state index is 0.00352. The molecule has 1 saturated heterocycles. The standard InChI is InChI=1S/C11H16O5S/c1-2-9(12)14-6-4-10(13)16-11-8-17-7-3-5-15-11/h2,11H,1,3-8H2. The van der Waals surface area contributed by atoms with Crippen LogP contribution >= 0.6 is 11.8 Å². The van der Waals surface area contributed by atoms with Crippen molar-refractivity contribution in [3.8, 4) is 0 Å². The number of hydrogen-bond donors (Lipinski definition) is 0. The van der Waals surface area contributed by atoms with Crippen LogP contribution in [0.1, 0.15) is 12.8 Å². The van der Waals surface area contributed by atoms with E-state index in [1.54, 1.807) is 11.8 Å². The summed E-state index contributed by atoms with van der Waals surface area (Å²) in [5.41, 5.74) is 0. The van der Waals surface area contributed by atoms with Crippen molar-refractivity contribution in [2.75, 3.05) is 24.7 Å². The molecular weight excluding hydrogens is 244 g/mol. The van der Waals surface area contributed by atoms with Crippen molar-refractivity contribution in [2.45, 2.75) is 19.1 Å². The lowest BCUT2D eigenvalue weighted by atomic mass is 10.4. The van der Waals surface area contributed by atoms with Crippen LogP contribution < -0.4 is 0 Å². The molecule has 1 rings (SSSR count). The molecule has 0 amide bonds. The summed E-state index contributed by atoms with van der Waals surface area (Å²) in [4.78, 5) is 22.1. The fourth-order valence-electron chi connectivity index (χ4n) is 1.17. The van der Waals surface area contributed by atoms with E-state index in [2.05, 4.69) is 11.3 Å². The molecule has 17 heavy (non-hydrogen) atoms. The highest BCUT2D eigenvalue weighted by Gasteiger charge is 2.17. The fraction of sp³-hybridized carbons (Fsp3) is 0.636. The van der Waals surface area contributed by atoms with E-state index in [1.165, 1.54) is 0 Å². The Kier molecular flexibility index (Phi) is 6.73. The summed E-state index contributed by atoms with van der Waals surface area (Å²) in [5.74, 6) is 0.705. The zero-order valence-corrected chi connectivity index (χ0v) is 10.4. The second kappa shape index (κ2) is 8.14. The molecule has 1 heterocycles. The predicted molar refractivity (Wildman–Crippen MR) is 63.5 cm³/mol. The van der Waals surface area contributed by atoms with E-state index >= 15 is 0 Å². The van der Waals surface area contributed by atoms with E-state index in [0.717, 1.165) is 18.2 Å². The SMILES string of the molecule is C=CC(=O)OCCC(=O)OC1CSCCCO1. The highest BCUT2D eigenvalue weighted by atomic mass is 32.2. The molecule has 1 atom stereocenters. The number of rotatable bonds is 5. The summed E-state index contributed by atoms with van der Waals surface area (Å²) in [6.45, 7) is 3.86. The van der Waals surface area contributed by atoms with Gasteiger partial charge in [-0.2, -0.15) is 11.8 Å². The van der Waals surface area contributed by atoms with Gasteiger partial charge in [0, 0.05) is 6.08 Å². The quantitative estimate of drug-likeness (QED) is 0.545. The Labute approximate surface area is 104 Å². The van der Waals surface area contributed by atoms with Crippen molar-refractivity contribution in [3.63, 3.8) is 0 Å². The van der Waals surface area contributed by atoms with Gasteiger partial charge in [0.25, 0.3) is 0 Å². The molecule has 0 aromatic heterocycles. The molecule has 0 radical (unpaired) electrons. The number of ether oxygens (including phenoxy) is 3. The Balaban J connectivity index is 2.14. The van der Waals surface area contributed by atoms with Gasteiger partial charge in [-0.1, -0.05) is 6.58 Å². The largest absolute Gasteiger partial charge is 0.462 e. The van der Waals surface area contributed by atoms with Crippen LogP contribution in [0, 0.1) is 0 Å². The molecule has 6 heteroatoms. The molecule has 0 saturated carbocycles. The summed E-state index contributed by atoms with van der Waals surface area (Å²) >= 11 is 1.70. The van der Waals surface area contributed by atoms with Gasteiger partial charge in [0.05, 0.1) is 18.8 Å². The monoisotopic (exact) mass is 260 g/mol. The van der Waals surface area contributed by atoms with Crippen LogP contribution in [0.3, 0.4) is 0 Å². The number of carbonyl (C=O) groups excluding carboxylic acids is 2. The van der Waals surface area contributed by atoms with Crippen molar-refractivity contribution >= 4 is 23.7 Å². The van der Waals surface area contributed by atoms with Crippen molar-refractivity contribution < 1.29 is 23.8 Å². The van der Waals surface area contributed by atoms with Gasteiger partial charge in [-0.25, -0.2) is 4.79 Å². The molecule has 5 nitrogen and oxygen atoms in total. The summed E-state index contributed by atoms with van der Waals surface area (Å²) in [5, 5.41) is 0. The lowest BCUT2D eigenvalue weighted by molar-refractivity contribution is -0.174. The van der Waals surface area contributed by atoms with Crippen LogP contribution in [0.2, 0.25) is 0 Å². The molecule has 0 aromatic rings. The average molecular weight is 260 g/mol. The Morgan fingerprint density at radius 1 is 1.53 bits per heavy atom. The Hall–Kier alpha value is -1.01. The summed E-state index contributed by atoms with van der Waals surface area (Å²) in [6.07, 6.45) is 1.57. The van der Waals surface area contributed by atoms with Crippen LogP contribution in [0.4, 0.5) is 0 Å². The molecule has 1 aliphatic rings. The van der Waals surface area contributed by atoms with Crippen molar-refractivity contribution in [2.24, 2.45) is 0 Å². The van der Waals surface area contributed by atoms with Crippen LogP contribution in [-0.4, -0.2) is 42.9 Å². The van der Waals surface area contributed by atoms with Gasteiger partial charge >= 0.3 is 11.9 Å². The third kappa shape index (κ3) is 6.33. The third-order valence-corrected chi connectivity index (χ3v) is 3.06. The molecule has 0 bridgehead atoms. The average Bonchev–Trinajstić information content (AvgIpc) is 2.57. The highest BCUT2D eigenvalue weighted by Crippen LogP contribution is 2.14. The first-order valence-corrected chi connectivity index (χ1v) is 6.56. The Bertz CT molecular complexity index is 271. The molecule has 0 aromatic carbocycles. The minimum Gasteiger partial charge on any atom is -0.462 e. The second-order valence-corrected chi connectivity index (χ2v) is 4.49. The molecule has 1 fully saturated rings. The molecule has 1 aliphatic heterocycles. The minimum atomic E-state index is -0.543. The van der Waals surface area contributed by atoms with Gasteiger partial charge in [-0.3, -0.25) is 4.79 Å². The maximum Gasteiger partial charge on any atom is 0.330 e. The van der Waals surface area contributed by atoms with E-state index in [1.807, 2.05) is 0 Å². The van der Waals surface area contributed by atoms with Crippen LogP contribution in [0.15, 0.2) is 12.7 Å². The maximum atomic E-state index is 11.4. The van der Waals surface area contributed by atoms with Gasteiger partial charge in [-0.05, 0) is 12.2 Å². The summed E-state index contributed by atoms with van der Waals surface area (Å²) in [7, 11) is 0. The van der Waals surface area contributed by atoms with E-state index in [9.17, 15) is 9.59 Å². The van der Waals surface area contributed by atoms with E-state index in [4.69, 9.17) is 9.47 Å².